The van der Waals surface area contributed by atoms with E-state index < -0.39 is 0 Å². The highest BCUT2D eigenvalue weighted by Crippen LogP contribution is 2.48. The van der Waals surface area contributed by atoms with E-state index in [-0.39, 0.29) is 0 Å². The van der Waals surface area contributed by atoms with Crippen LogP contribution >= 0.6 is 11.6 Å². The highest BCUT2D eigenvalue weighted by Gasteiger charge is 2.47. The molecule has 0 radical (unpaired) electrons. The summed E-state index contributed by atoms with van der Waals surface area (Å²) >= 11 is 5.69. The van der Waals surface area contributed by atoms with Crippen LogP contribution in [0.15, 0.2) is 35.9 Å². The van der Waals surface area contributed by atoms with Crippen molar-refractivity contribution in [2.45, 2.75) is 38.1 Å². The summed E-state index contributed by atoms with van der Waals surface area (Å²) in [6, 6.07) is 9.68. The second kappa shape index (κ2) is 4.96. The molecule has 1 saturated heterocycles. The first-order valence-electron chi connectivity index (χ1n) is 7.24. The Morgan fingerprint density at radius 3 is 3.00 bits per heavy atom. The Morgan fingerprint density at radius 2 is 2.21 bits per heavy atom. The van der Waals surface area contributed by atoms with E-state index in [1.54, 1.807) is 16.7 Å². The molecule has 0 amide bonds. The quantitative estimate of drug-likeness (QED) is 0.790. The Kier molecular flexibility index (Phi) is 3.44. The van der Waals surface area contributed by atoms with Crippen molar-refractivity contribution in [2.75, 3.05) is 13.1 Å². The summed E-state index contributed by atoms with van der Waals surface area (Å²) < 4.78 is 0. The molecule has 2 heteroatoms. The van der Waals surface area contributed by atoms with E-state index in [0.717, 1.165) is 6.54 Å². The number of fused-ring (bicyclic) bond motifs is 4. The maximum atomic E-state index is 5.69. The number of piperidine rings is 1. The minimum Gasteiger partial charge on any atom is -0.296 e. The first-order chi connectivity index (χ1) is 9.16. The molecule has 1 aromatic carbocycles. The number of benzene rings is 1. The molecule has 0 aromatic heterocycles. The fourth-order valence-electron chi connectivity index (χ4n) is 4.08. The topological polar surface area (TPSA) is 3.24 Å². The van der Waals surface area contributed by atoms with Crippen molar-refractivity contribution in [3.8, 4) is 0 Å². The van der Waals surface area contributed by atoms with Crippen LogP contribution in [0.2, 0.25) is 0 Å². The van der Waals surface area contributed by atoms with E-state index in [1.807, 2.05) is 0 Å². The molecule has 1 heterocycles. The van der Waals surface area contributed by atoms with Gasteiger partial charge in [0.05, 0.1) is 0 Å². The monoisotopic (exact) mass is 275 g/mol. The summed E-state index contributed by atoms with van der Waals surface area (Å²) in [5, 5.41) is 0. The average Bonchev–Trinajstić information content (AvgIpc) is 2.42. The molecule has 3 atom stereocenters. The van der Waals surface area contributed by atoms with Gasteiger partial charge in [-0.2, -0.15) is 0 Å². The molecule has 0 spiro atoms. The SMILES string of the molecule is CC1C2Cc3ccccc3C1(C)CCN2C/C=C/Cl. The van der Waals surface area contributed by atoms with Crippen LogP contribution in [0.5, 0.6) is 0 Å². The van der Waals surface area contributed by atoms with Gasteiger partial charge in [-0.05, 0) is 41.8 Å². The molecule has 1 nitrogen and oxygen atoms in total. The van der Waals surface area contributed by atoms with Gasteiger partial charge in [-0.25, -0.2) is 0 Å². The largest absolute Gasteiger partial charge is 0.296 e. The Morgan fingerprint density at radius 1 is 1.42 bits per heavy atom. The van der Waals surface area contributed by atoms with Crippen molar-refractivity contribution in [1.82, 2.24) is 4.90 Å². The van der Waals surface area contributed by atoms with E-state index in [0.29, 0.717) is 17.4 Å². The lowest BCUT2D eigenvalue weighted by Crippen LogP contribution is -2.57. The number of nitrogens with zero attached hydrogens (tertiary/aromatic N) is 1. The van der Waals surface area contributed by atoms with Gasteiger partial charge in [0.1, 0.15) is 0 Å². The van der Waals surface area contributed by atoms with Crippen LogP contribution in [0.1, 0.15) is 31.4 Å². The van der Waals surface area contributed by atoms with Crippen molar-refractivity contribution in [2.24, 2.45) is 5.92 Å². The van der Waals surface area contributed by atoms with Crippen LogP contribution < -0.4 is 0 Å². The van der Waals surface area contributed by atoms with Gasteiger partial charge < -0.3 is 0 Å². The molecule has 0 saturated carbocycles. The normalized spacial score (nSPS) is 34.5. The Balaban J connectivity index is 1.97. The van der Waals surface area contributed by atoms with E-state index in [4.69, 9.17) is 11.6 Å². The second-order valence-electron chi connectivity index (χ2n) is 6.24. The van der Waals surface area contributed by atoms with Crippen molar-refractivity contribution in [3.63, 3.8) is 0 Å². The van der Waals surface area contributed by atoms with Gasteiger partial charge >= 0.3 is 0 Å². The highest BCUT2D eigenvalue weighted by atomic mass is 35.5. The van der Waals surface area contributed by atoms with Crippen molar-refractivity contribution < 1.29 is 0 Å². The molecule has 1 fully saturated rings. The molecule has 2 aliphatic rings. The number of hydrogen-bond donors (Lipinski definition) is 0. The third-order valence-electron chi connectivity index (χ3n) is 5.46. The standard InChI is InChI=1S/C17H22ClN/c1-13-16-12-14-6-3-4-7-15(14)17(13,2)8-11-19(16)10-5-9-18/h3-7,9,13,16H,8,10-12H2,1-2H3/b9-5+. The van der Waals surface area contributed by atoms with Gasteiger partial charge in [0.25, 0.3) is 0 Å². The maximum absolute atomic E-state index is 5.69. The molecule has 2 bridgehead atoms. The zero-order valence-electron chi connectivity index (χ0n) is 11.8. The smallest absolute Gasteiger partial charge is 0.0177 e. The molecule has 0 N–H and O–H groups in total. The van der Waals surface area contributed by atoms with Crippen LogP contribution in [-0.2, 0) is 11.8 Å². The first-order valence-corrected chi connectivity index (χ1v) is 7.68. The molecular formula is C17H22ClN. The van der Waals surface area contributed by atoms with Gasteiger partial charge in [0.2, 0.25) is 0 Å². The van der Waals surface area contributed by atoms with Crippen molar-refractivity contribution in [1.29, 1.82) is 0 Å². The third kappa shape index (κ3) is 2.04. The summed E-state index contributed by atoms with van der Waals surface area (Å²) in [5.41, 5.74) is 5.13. The number of hydrogen-bond acceptors (Lipinski definition) is 1. The van der Waals surface area contributed by atoms with Crippen LogP contribution in [0.3, 0.4) is 0 Å². The van der Waals surface area contributed by atoms with Crippen LogP contribution in [0.25, 0.3) is 0 Å². The fraction of sp³-hybridized carbons (Fsp3) is 0.529. The summed E-state index contributed by atoms with van der Waals surface area (Å²) in [6.07, 6.45) is 4.50. The van der Waals surface area contributed by atoms with Crippen molar-refractivity contribution >= 4 is 11.6 Å². The summed E-state index contributed by atoms with van der Waals surface area (Å²) in [7, 11) is 0. The third-order valence-corrected chi connectivity index (χ3v) is 5.64. The molecule has 3 rings (SSSR count). The molecular weight excluding hydrogens is 254 g/mol. The molecule has 3 unspecified atom stereocenters. The Hall–Kier alpha value is -0.790. The predicted octanol–water partition coefficient (Wildman–Crippen LogP) is 3.96. The van der Waals surface area contributed by atoms with Crippen molar-refractivity contribution in [3.05, 3.63) is 47.0 Å². The van der Waals surface area contributed by atoms with Crippen LogP contribution in [0, 0.1) is 5.92 Å². The molecule has 1 aromatic rings. The lowest BCUT2D eigenvalue weighted by molar-refractivity contribution is 0.0399. The molecule has 1 aliphatic heterocycles. The summed E-state index contributed by atoms with van der Waals surface area (Å²) in [5.74, 6) is 0.708. The van der Waals surface area contributed by atoms with Gasteiger partial charge in [-0.15, -0.1) is 0 Å². The van der Waals surface area contributed by atoms with Gasteiger partial charge in [0.15, 0.2) is 0 Å². The lowest BCUT2D eigenvalue weighted by Gasteiger charge is -2.54. The van der Waals surface area contributed by atoms with E-state index in [2.05, 4.69) is 49.1 Å². The van der Waals surface area contributed by atoms with Crippen LogP contribution in [0.4, 0.5) is 0 Å². The number of halogens is 1. The molecule has 1 aliphatic carbocycles. The van der Waals surface area contributed by atoms with Gasteiger partial charge in [-0.1, -0.05) is 55.8 Å². The fourth-order valence-corrected chi connectivity index (χ4v) is 4.16. The highest BCUT2D eigenvalue weighted by molar-refractivity contribution is 6.25. The second-order valence-corrected chi connectivity index (χ2v) is 6.49. The zero-order chi connectivity index (χ0) is 13.5. The molecule has 19 heavy (non-hydrogen) atoms. The summed E-state index contributed by atoms with van der Waals surface area (Å²) in [4.78, 5) is 2.60. The van der Waals surface area contributed by atoms with Gasteiger partial charge in [0, 0.05) is 18.1 Å². The first kappa shape index (κ1) is 13.2. The van der Waals surface area contributed by atoms with Crippen LogP contribution in [-0.4, -0.2) is 24.0 Å². The average molecular weight is 276 g/mol. The van der Waals surface area contributed by atoms with E-state index in [9.17, 15) is 0 Å². The van der Waals surface area contributed by atoms with E-state index in [1.165, 1.54) is 19.4 Å². The Bertz CT molecular complexity index is 496. The minimum atomic E-state index is 0.348. The lowest BCUT2D eigenvalue weighted by atomic mass is 9.59. The number of rotatable bonds is 2. The maximum Gasteiger partial charge on any atom is 0.0177 e. The molecule has 102 valence electrons. The Labute approximate surface area is 121 Å². The summed E-state index contributed by atoms with van der Waals surface area (Å²) in [6.45, 7) is 7.05. The predicted molar refractivity (Wildman–Crippen MR) is 81.6 cm³/mol. The van der Waals surface area contributed by atoms with Gasteiger partial charge in [-0.3, -0.25) is 4.90 Å². The number of likely N-dealkylation sites (tertiary alicyclic amines) is 1. The minimum absolute atomic E-state index is 0.348. The van der Waals surface area contributed by atoms with E-state index >= 15 is 0 Å². The zero-order valence-corrected chi connectivity index (χ0v) is 12.5.